The number of carboxylic acids is 1. The third kappa shape index (κ3) is 7.88. The minimum Gasteiger partial charge on any atom is -0.504 e. The number of rotatable bonds is 11. The Morgan fingerprint density at radius 2 is 1.60 bits per heavy atom. The average Bonchev–Trinajstić information content (AvgIpc) is 2.98. The van der Waals surface area contributed by atoms with Gasteiger partial charge in [0.15, 0.2) is 40.2 Å². The first-order valence-corrected chi connectivity index (χ1v) is 14.3. The van der Waals surface area contributed by atoms with Crippen molar-refractivity contribution in [3.05, 3.63) is 59.7 Å². The molecule has 2 aromatic carbocycles. The standard InChI is InChI=1S/C32H37NO12/c1-33-18-32-17-31(30(41)42,44-16-21(34)8-4-19-5-9-22(35)25(38)13-19)15-27(40)29(32)43-12-2-3-28(45-32)24(37)11-7-20-6-10-23(36)26(39)14-20/h4-11,13-14,27-29,33,35-36,38-40H,2-3,12,15-18H2,1H3,(H,41,42)/t27-,28-,29-,31+,32+/m1/s1. The summed E-state index contributed by atoms with van der Waals surface area (Å²) in [6.07, 6.45) is 1.63. The van der Waals surface area contributed by atoms with E-state index in [1.807, 2.05) is 0 Å². The number of aliphatic carboxylic acids is 1. The van der Waals surface area contributed by atoms with Gasteiger partial charge in [-0.15, -0.1) is 0 Å². The molecule has 0 aromatic heterocycles. The summed E-state index contributed by atoms with van der Waals surface area (Å²) in [4.78, 5) is 38.8. The number of phenols is 4. The number of ether oxygens (including phenoxy) is 3. The number of benzene rings is 2. The molecule has 1 aliphatic carbocycles. The summed E-state index contributed by atoms with van der Waals surface area (Å²) in [6.45, 7) is -0.511. The average molecular weight is 628 g/mol. The van der Waals surface area contributed by atoms with Crippen molar-refractivity contribution in [1.82, 2.24) is 5.32 Å². The lowest BCUT2D eigenvalue weighted by Gasteiger charge is -2.53. The van der Waals surface area contributed by atoms with E-state index >= 15 is 0 Å². The van der Waals surface area contributed by atoms with Gasteiger partial charge < -0.3 is 50.2 Å². The van der Waals surface area contributed by atoms with Crippen LogP contribution in [0.2, 0.25) is 0 Å². The molecule has 45 heavy (non-hydrogen) atoms. The van der Waals surface area contributed by atoms with E-state index in [0.29, 0.717) is 17.5 Å². The lowest BCUT2D eigenvalue weighted by Crippen LogP contribution is -2.69. The first-order chi connectivity index (χ1) is 21.4. The van der Waals surface area contributed by atoms with Crippen molar-refractivity contribution in [1.29, 1.82) is 0 Å². The SMILES string of the molecule is CNC[C@@]12C[C@](OCC(=O)C=Cc3ccc(O)c(O)c3)(C(=O)O)C[C@@H](O)[C@H]1OCCC[C@H](C(=O)C=Cc1ccc(O)c(O)c1)O2. The summed E-state index contributed by atoms with van der Waals surface area (Å²) in [5.41, 5.74) is -2.79. The highest BCUT2D eigenvalue weighted by molar-refractivity contribution is 5.97. The van der Waals surface area contributed by atoms with Gasteiger partial charge in [-0.25, -0.2) is 4.79 Å². The van der Waals surface area contributed by atoms with E-state index in [4.69, 9.17) is 14.2 Å². The van der Waals surface area contributed by atoms with Crippen LogP contribution in [-0.4, -0.2) is 104 Å². The quantitative estimate of drug-likeness (QED) is 0.140. The van der Waals surface area contributed by atoms with Crippen LogP contribution in [0.25, 0.3) is 12.2 Å². The second-order valence-corrected chi connectivity index (χ2v) is 11.2. The largest absolute Gasteiger partial charge is 0.504 e. The number of aromatic hydroxyl groups is 4. The highest BCUT2D eigenvalue weighted by Crippen LogP contribution is 2.44. The van der Waals surface area contributed by atoms with Crippen molar-refractivity contribution in [3.63, 3.8) is 0 Å². The Morgan fingerprint density at radius 3 is 2.18 bits per heavy atom. The second-order valence-electron chi connectivity index (χ2n) is 11.2. The summed E-state index contributed by atoms with van der Waals surface area (Å²) in [7, 11) is 1.60. The van der Waals surface area contributed by atoms with Crippen molar-refractivity contribution in [2.75, 3.05) is 26.8 Å². The fourth-order valence-electron chi connectivity index (χ4n) is 5.70. The van der Waals surface area contributed by atoms with Gasteiger partial charge in [0.05, 0.1) is 6.10 Å². The summed E-state index contributed by atoms with van der Waals surface area (Å²) < 4.78 is 18.1. The second kappa shape index (κ2) is 14.2. The molecule has 5 atom stereocenters. The molecule has 2 aliphatic rings. The zero-order chi connectivity index (χ0) is 32.8. The van der Waals surface area contributed by atoms with Crippen molar-refractivity contribution < 1.29 is 59.2 Å². The van der Waals surface area contributed by atoms with Gasteiger partial charge in [0, 0.05) is 26.0 Å². The maximum Gasteiger partial charge on any atom is 0.336 e. The molecule has 7 N–H and O–H groups in total. The molecular formula is C32H37NO12. The summed E-state index contributed by atoms with van der Waals surface area (Å²) in [5.74, 6) is -3.84. The normalized spacial score (nSPS) is 27.1. The minimum atomic E-state index is -2.08. The van der Waals surface area contributed by atoms with Crippen molar-refractivity contribution >= 4 is 29.7 Å². The molecule has 1 saturated heterocycles. The van der Waals surface area contributed by atoms with Crippen LogP contribution in [0.3, 0.4) is 0 Å². The number of carbonyl (C=O) groups is 3. The number of hydrogen-bond donors (Lipinski definition) is 7. The molecule has 1 saturated carbocycles. The van der Waals surface area contributed by atoms with Crippen LogP contribution >= 0.6 is 0 Å². The lowest BCUT2D eigenvalue weighted by molar-refractivity contribution is -0.264. The number of aliphatic hydroxyl groups excluding tert-OH is 1. The van der Waals surface area contributed by atoms with Gasteiger partial charge in [-0.1, -0.05) is 24.3 Å². The van der Waals surface area contributed by atoms with Crippen molar-refractivity contribution in [2.24, 2.45) is 0 Å². The smallest absolute Gasteiger partial charge is 0.336 e. The van der Waals surface area contributed by atoms with Crippen LogP contribution in [-0.2, 0) is 28.6 Å². The van der Waals surface area contributed by atoms with Gasteiger partial charge in [0.2, 0.25) is 0 Å². The van der Waals surface area contributed by atoms with E-state index in [-0.39, 0.29) is 49.0 Å². The van der Waals surface area contributed by atoms with Crippen LogP contribution < -0.4 is 5.32 Å². The Balaban J connectivity index is 1.57. The highest BCUT2D eigenvalue weighted by atomic mass is 16.6. The lowest BCUT2D eigenvalue weighted by atomic mass is 9.70. The molecule has 0 radical (unpaired) electrons. The first kappa shape index (κ1) is 33.6. The number of likely N-dealkylation sites (N-methyl/N-ethyl adjacent to an activating group) is 1. The predicted molar refractivity (Wildman–Crippen MR) is 160 cm³/mol. The molecular weight excluding hydrogens is 590 g/mol. The Bertz CT molecular complexity index is 1470. The van der Waals surface area contributed by atoms with Crippen LogP contribution in [0.4, 0.5) is 0 Å². The molecule has 0 unspecified atom stereocenters. The molecule has 1 aliphatic heterocycles. The zero-order valence-electron chi connectivity index (χ0n) is 24.6. The van der Waals surface area contributed by atoms with E-state index in [1.54, 1.807) is 7.05 Å². The van der Waals surface area contributed by atoms with Crippen LogP contribution in [0.1, 0.15) is 36.8 Å². The third-order valence-electron chi connectivity index (χ3n) is 7.85. The fraction of sp³-hybridized carbons (Fsp3) is 0.406. The Hall–Kier alpha value is -4.27. The minimum absolute atomic E-state index is 0.0232. The molecule has 0 amide bonds. The molecule has 0 spiro atoms. The third-order valence-corrected chi connectivity index (χ3v) is 7.85. The number of carboxylic acid groups (broad SMARTS) is 1. The van der Waals surface area contributed by atoms with E-state index in [0.717, 1.165) is 6.08 Å². The molecule has 13 heteroatoms. The number of phenolic OH excluding ortho intramolecular Hbond substituents is 4. The monoisotopic (exact) mass is 627 g/mol. The molecule has 1 heterocycles. The van der Waals surface area contributed by atoms with Crippen LogP contribution in [0, 0.1) is 0 Å². The van der Waals surface area contributed by atoms with Crippen molar-refractivity contribution in [2.45, 2.75) is 55.2 Å². The highest BCUT2D eigenvalue weighted by Gasteiger charge is 2.61. The molecule has 4 rings (SSSR count). The molecule has 13 nitrogen and oxygen atoms in total. The summed E-state index contributed by atoms with van der Waals surface area (Å²) in [6, 6.07) is 8.02. The Labute approximate surface area is 259 Å². The van der Waals surface area contributed by atoms with E-state index in [9.17, 15) is 45.0 Å². The maximum absolute atomic E-state index is 13.4. The topological polar surface area (TPSA) is 212 Å². The van der Waals surface area contributed by atoms with Gasteiger partial charge in [0.25, 0.3) is 0 Å². The number of fused-ring (bicyclic) bond motifs is 1. The summed E-state index contributed by atoms with van der Waals surface area (Å²) >= 11 is 0. The number of nitrogens with one attached hydrogen (secondary N) is 1. The molecule has 2 fully saturated rings. The number of aliphatic hydroxyl groups is 1. The Morgan fingerprint density at radius 1 is 0.978 bits per heavy atom. The van der Waals surface area contributed by atoms with Gasteiger partial charge in [-0.05, 0) is 67.4 Å². The van der Waals surface area contributed by atoms with Gasteiger partial charge in [0.1, 0.15) is 24.4 Å². The number of carbonyl (C=O) groups excluding carboxylic acids is 2. The van der Waals surface area contributed by atoms with Crippen molar-refractivity contribution in [3.8, 4) is 23.0 Å². The van der Waals surface area contributed by atoms with Crippen LogP contribution in [0.5, 0.6) is 23.0 Å². The first-order valence-electron chi connectivity index (χ1n) is 14.3. The molecule has 2 aromatic rings. The van der Waals surface area contributed by atoms with Gasteiger partial charge >= 0.3 is 5.97 Å². The fourth-order valence-corrected chi connectivity index (χ4v) is 5.70. The molecule has 0 bridgehead atoms. The van der Waals surface area contributed by atoms with Gasteiger partial charge in [-0.3, -0.25) is 9.59 Å². The van der Waals surface area contributed by atoms with Gasteiger partial charge in [-0.2, -0.15) is 0 Å². The van der Waals surface area contributed by atoms with E-state index < -0.39 is 60.1 Å². The molecule has 242 valence electrons. The van der Waals surface area contributed by atoms with E-state index in [2.05, 4.69) is 5.32 Å². The summed E-state index contributed by atoms with van der Waals surface area (Å²) in [5, 5.41) is 63.0. The zero-order valence-corrected chi connectivity index (χ0v) is 24.6. The maximum atomic E-state index is 13.4. The Kier molecular flexibility index (Phi) is 10.6. The predicted octanol–water partition coefficient (Wildman–Crippen LogP) is 1.89. The van der Waals surface area contributed by atoms with Crippen LogP contribution in [0.15, 0.2) is 48.6 Å². The number of ketones is 2. The van der Waals surface area contributed by atoms with E-state index in [1.165, 1.54) is 54.6 Å². The number of hydrogen-bond acceptors (Lipinski definition) is 12.